The highest BCUT2D eigenvalue weighted by atomic mass is 35.5. The van der Waals surface area contributed by atoms with Gasteiger partial charge in [0, 0.05) is 29.8 Å². The third-order valence-corrected chi connectivity index (χ3v) is 6.56. The molecule has 4 nitrogen and oxygen atoms in total. The maximum Gasteiger partial charge on any atom is 0.223 e. The number of H-pyrrole nitrogens is 1. The van der Waals surface area contributed by atoms with E-state index in [1.807, 2.05) is 0 Å². The summed E-state index contributed by atoms with van der Waals surface area (Å²) in [5.41, 5.74) is -0.103. The lowest BCUT2D eigenvalue weighted by atomic mass is 9.90. The average Bonchev–Trinajstić information content (AvgIpc) is 3.45. The second-order valence-electron chi connectivity index (χ2n) is 7.97. The number of carbonyl (C=O) groups is 1. The van der Waals surface area contributed by atoms with Gasteiger partial charge < -0.3 is 10.3 Å². The van der Waals surface area contributed by atoms with Crippen LogP contribution in [0.2, 0.25) is 5.02 Å². The summed E-state index contributed by atoms with van der Waals surface area (Å²) in [6.45, 7) is 0. The van der Waals surface area contributed by atoms with Crippen molar-refractivity contribution in [1.29, 1.82) is 0 Å². The highest BCUT2D eigenvalue weighted by Crippen LogP contribution is 2.41. The first-order valence-corrected chi connectivity index (χ1v) is 10.4. The number of carbonyl (C=O) groups excluding carboxylic acids is 1. The minimum atomic E-state index is -0.765. The van der Waals surface area contributed by atoms with Crippen LogP contribution in [0.5, 0.6) is 0 Å². The van der Waals surface area contributed by atoms with E-state index in [-0.39, 0.29) is 34.2 Å². The Hall–Kier alpha value is -1.95. The highest BCUT2D eigenvalue weighted by molar-refractivity contribution is 6.30. The first kappa shape index (κ1) is 19.4. The maximum atomic E-state index is 14.7. The molecule has 1 aromatic carbocycles. The summed E-state index contributed by atoms with van der Waals surface area (Å²) in [4.78, 5) is 20.4. The Balaban J connectivity index is 1.54. The predicted octanol–water partition coefficient (Wildman–Crippen LogP) is 5.27. The largest absolute Gasteiger partial charge is 0.349 e. The fraction of sp³-hybridized carbons (Fsp3) is 0.524. The van der Waals surface area contributed by atoms with E-state index >= 15 is 0 Å². The average molecular weight is 408 g/mol. The van der Waals surface area contributed by atoms with Gasteiger partial charge in [0.15, 0.2) is 0 Å². The molecule has 2 aromatic rings. The van der Waals surface area contributed by atoms with E-state index in [9.17, 15) is 13.6 Å². The molecule has 1 heterocycles. The molecule has 7 heteroatoms. The molecule has 150 valence electrons. The molecule has 0 bridgehead atoms. The third-order valence-electron chi connectivity index (χ3n) is 6.27. The number of aromatic nitrogens is 2. The molecular weight excluding hydrogens is 384 g/mol. The van der Waals surface area contributed by atoms with Crippen molar-refractivity contribution in [3.8, 4) is 0 Å². The van der Waals surface area contributed by atoms with Gasteiger partial charge in [0.05, 0.1) is 11.1 Å². The molecule has 0 radical (unpaired) electrons. The zero-order chi connectivity index (χ0) is 19.7. The molecule has 2 aliphatic carbocycles. The number of rotatable bonds is 5. The summed E-state index contributed by atoms with van der Waals surface area (Å²) in [6.07, 6.45) is 9.50. The Morgan fingerprint density at radius 2 is 2.00 bits per heavy atom. The standard InChI is InChI=1S/C21H24ClF2N3O/c22-15-7-8-16(23)17(18(15)24)19(12-3-1-2-4-12)27-21(28)14-6-5-13(11-14)20-25-9-10-26-20/h7-10,12-14,19H,1-6,11H2,(H,25,26)(H,27,28)/t13-,14+,19-/m0/s1. The first-order valence-electron chi connectivity index (χ1n) is 9.97. The van der Waals surface area contributed by atoms with E-state index in [0.717, 1.165) is 44.3 Å². The Morgan fingerprint density at radius 1 is 1.21 bits per heavy atom. The molecule has 0 aliphatic heterocycles. The number of nitrogens with one attached hydrogen (secondary N) is 2. The number of hydrogen-bond donors (Lipinski definition) is 2. The summed E-state index contributed by atoms with van der Waals surface area (Å²) in [5, 5.41) is 2.87. The molecule has 3 atom stereocenters. The smallest absolute Gasteiger partial charge is 0.223 e. The van der Waals surface area contributed by atoms with Gasteiger partial charge in [-0.2, -0.15) is 0 Å². The molecule has 1 amide bonds. The summed E-state index contributed by atoms with van der Waals surface area (Å²) in [6, 6.07) is 1.71. The van der Waals surface area contributed by atoms with Gasteiger partial charge in [0.2, 0.25) is 5.91 Å². The van der Waals surface area contributed by atoms with Crippen molar-refractivity contribution in [3.63, 3.8) is 0 Å². The van der Waals surface area contributed by atoms with E-state index in [4.69, 9.17) is 11.6 Å². The summed E-state index contributed by atoms with van der Waals surface area (Å²) in [5.74, 6) is -0.592. The van der Waals surface area contributed by atoms with Gasteiger partial charge in [-0.05, 0) is 50.2 Å². The second-order valence-corrected chi connectivity index (χ2v) is 8.38. The number of amides is 1. The molecule has 0 saturated heterocycles. The van der Waals surface area contributed by atoms with Crippen molar-refractivity contribution in [2.24, 2.45) is 11.8 Å². The van der Waals surface area contributed by atoms with Crippen molar-refractivity contribution in [3.05, 3.63) is 52.6 Å². The molecule has 2 N–H and O–H groups in total. The lowest BCUT2D eigenvalue weighted by molar-refractivity contribution is -0.126. The van der Waals surface area contributed by atoms with Gasteiger partial charge in [-0.1, -0.05) is 24.4 Å². The van der Waals surface area contributed by atoms with E-state index in [1.54, 1.807) is 12.4 Å². The number of nitrogens with zero attached hydrogens (tertiary/aromatic N) is 1. The van der Waals surface area contributed by atoms with Crippen LogP contribution in [-0.2, 0) is 4.79 Å². The van der Waals surface area contributed by atoms with Gasteiger partial charge in [-0.15, -0.1) is 0 Å². The topological polar surface area (TPSA) is 57.8 Å². The van der Waals surface area contributed by atoms with Crippen molar-refractivity contribution < 1.29 is 13.6 Å². The lowest BCUT2D eigenvalue weighted by Crippen LogP contribution is -2.37. The number of aromatic amines is 1. The minimum Gasteiger partial charge on any atom is -0.349 e. The van der Waals surface area contributed by atoms with Crippen LogP contribution < -0.4 is 5.32 Å². The number of benzene rings is 1. The van der Waals surface area contributed by atoms with Gasteiger partial charge in [0.1, 0.15) is 17.5 Å². The SMILES string of the molecule is O=C(N[C@H](c1c(F)ccc(Cl)c1F)C1CCCC1)[C@@H]1CC[C@H](c2ncc[nH]2)C1. The highest BCUT2D eigenvalue weighted by Gasteiger charge is 2.37. The predicted molar refractivity (Wildman–Crippen MR) is 103 cm³/mol. The van der Waals surface area contributed by atoms with Crippen LogP contribution in [0.1, 0.15) is 68.3 Å². The number of imidazole rings is 1. The Bertz CT molecular complexity index is 836. The van der Waals surface area contributed by atoms with Crippen LogP contribution in [0.3, 0.4) is 0 Å². The zero-order valence-corrected chi connectivity index (χ0v) is 16.3. The lowest BCUT2D eigenvalue weighted by Gasteiger charge is -2.27. The van der Waals surface area contributed by atoms with E-state index in [0.29, 0.717) is 6.42 Å². The van der Waals surface area contributed by atoms with Crippen molar-refractivity contribution >= 4 is 17.5 Å². The van der Waals surface area contributed by atoms with Crippen LogP contribution in [0.25, 0.3) is 0 Å². The summed E-state index contributed by atoms with van der Waals surface area (Å²) < 4.78 is 29.3. The minimum absolute atomic E-state index is 0.0219. The fourth-order valence-electron chi connectivity index (χ4n) is 4.78. The molecular formula is C21H24ClF2N3O. The van der Waals surface area contributed by atoms with Gasteiger partial charge >= 0.3 is 0 Å². The molecule has 1 aromatic heterocycles. The molecule has 2 saturated carbocycles. The molecule has 0 spiro atoms. The van der Waals surface area contributed by atoms with Gasteiger partial charge in [-0.3, -0.25) is 4.79 Å². The molecule has 2 fully saturated rings. The Kier molecular flexibility index (Phi) is 5.67. The second kappa shape index (κ2) is 8.19. The third kappa shape index (κ3) is 3.79. The van der Waals surface area contributed by atoms with Crippen LogP contribution >= 0.6 is 11.6 Å². The van der Waals surface area contributed by atoms with E-state index in [2.05, 4.69) is 15.3 Å². The Labute approximate surface area is 168 Å². The van der Waals surface area contributed by atoms with Crippen LogP contribution in [0, 0.1) is 23.5 Å². The molecule has 0 unspecified atom stereocenters. The van der Waals surface area contributed by atoms with Crippen molar-refractivity contribution in [2.45, 2.75) is 56.9 Å². The van der Waals surface area contributed by atoms with Crippen LogP contribution in [0.4, 0.5) is 8.78 Å². The monoisotopic (exact) mass is 407 g/mol. The number of halogens is 3. The molecule has 4 rings (SSSR count). The Morgan fingerprint density at radius 3 is 2.71 bits per heavy atom. The molecule has 2 aliphatic rings. The molecule has 28 heavy (non-hydrogen) atoms. The quantitative estimate of drug-likeness (QED) is 0.663. The van der Waals surface area contributed by atoms with Crippen LogP contribution in [0.15, 0.2) is 24.5 Å². The van der Waals surface area contributed by atoms with E-state index in [1.165, 1.54) is 12.1 Å². The zero-order valence-electron chi connectivity index (χ0n) is 15.6. The summed E-state index contributed by atoms with van der Waals surface area (Å²) in [7, 11) is 0. The van der Waals surface area contributed by atoms with Gasteiger partial charge in [-0.25, -0.2) is 13.8 Å². The van der Waals surface area contributed by atoms with Crippen molar-refractivity contribution in [2.75, 3.05) is 0 Å². The van der Waals surface area contributed by atoms with Crippen LogP contribution in [-0.4, -0.2) is 15.9 Å². The first-order chi connectivity index (χ1) is 13.5. The fourth-order valence-corrected chi connectivity index (χ4v) is 4.95. The maximum absolute atomic E-state index is 14.7. The van der Waals surface area contributed by atoms with E-state index < -0.39 is 17.7 Å². The normalized spacial score (nSPS) is 23.8. The number of hydrogen-bond acceptors (Lipinski definition) is 2. The summed E-state index contributed by atoms with van der Waals surface area (Å²) >= 11 is 5.91. The van der Waals surface area contributed by atoms with Crippen molar-refractivity contribution in [1.82, 2.24) is 15.3 Å². The van der Waals surface area contributed by atoms with Gasteiger partial charge in [0.25, 0.3) is 0 Å².